The lowest BCUT2D eigenvalue weighted by atomic mass is 10.1. The van der Waals surface area contributed by atoms with Gasteiger partial charge in [0.1, 0.15) is 5.75 Å². The highest BCUT2D eigenvalue weighted by Gasteiger charge is 2.16. The van der Waals surface area contributed by atoms with E-state index in [-0.39, 0.29) is 5.75 Å². The van der Waals surface area contributed by atoms with Gasteiger partial charge < -0.3 is 10.1 Å². The van der Waals surface area contributed by atoms with Crippen LogP contribution in [0, 0.1) is 0 Å². The summed E-state index contributed by atoms with van der Waals surface area (Å²) >= 11 is 0. The van der Waals surface area contributed by atoms with Crippen LogP contribution in [0.3, 0.4) is 0 Å². The number of H-pyrrole nitrogens is 1. The molecule has 0 bridgehead atoms. The lowest BCUT2D eigenvalue weighted by Crippen LogP contribution is -2.00. The largest absolute Gasteiger partial charge is 0.507 e. The van der Waals surface area contributed by atoms with Gasteiger partial charge in [-0.15, -0.1) is 0 Å². The van der Waals surface area contributed by atoms with Crippen LogP contribution in [-0.4, -0.2) is 25.0 Å². The van der Waals surface area contributed by atoms with E-state index >= 15 is 0 Å². The van der Waals surface area contributed by atoms with Crippen molar-refractivity contribution in [1.29, 1.82) is 0 Å². The van der Waals surface area contributed by atoms with Crippen LogP contribution in [0.15, 0.2) is 97.1 Å². The third-order valence-electron chi connectivity index (χ3n) is 5.56. The number of hydrogen-bond donors (Lipinski definition) is 2. The average molecular weight is 414 g/mol. The summed E-state index contributed by atoms with van der Waals surface area (Å²) in [5, 5.41) is 13.0. The lowest BCUT2D eigenvalue weighted by molar-refractivity contribution is 0.477. The number of aromatic amines is 1. The molecular formula is C27H18N4O. The first-order valence-electron chi connectivity index (χ1n) is 10.4. The molecule has 0 atom stereocenters. The normalized spacial score (nSPS) is 11.2. The molecule has 0 unspecified atom stereocenters. The number of phenolic OH excluding ortho intramolecular Hbond substituents is 1. The number of rotatable bonds is 3. The first-order chi connectivity index (χ1) is 15.8. The Labute approximate surface area is 184 Å². The number of phenols is 1. The van der Waals surface area contributed by atoms with Gasteiger partial charge in [0, 0.05) is 33.5 Å². The molecule has 2 N–H and O–H groups in total. The first kappa shape index (κ1) is 18.3. The molecule has 32 heavy (non-hydrogen) atoms. The molecule has 2 heterocycles. The fraction of sp³-hybridized carbons (Fsp3) is 0. The van der Waals surface area contributed by atoms with Gasteiger partial charge in [-0.1, -0.05) is 78.9 Å². The van der Waals surface area contributed by atoms with E-state index in [0.717, 1.165) is 32.9 Å². The van der Waals surface area contributed by atoms with E-state index in [1.165, 1.54) is 0 Å². The van der Waals surface area contributed by atoms with Gasteiger partial charge in [-0.25, -0.2) is 15.0 Å². The Kier molecular flexibility index (Phi) is 4.18. The maximum Gasteiger partial charge on any atom is 0.167 e. The molecule has 0 radical (unpaired) electrons. The predicted molar refractivity (Wildman–Crippen MR) is 127 cm³/mol. The second-order valence-electron chi connectivity index (χ2n) is 7.62. The number of aromatic hydroxyl groups is 1. The van der Waals surface area contributed by atoms with Crippen LogP contribution in [0.25, 0.3) is 56.0 Å². The van der Waals surface area contributed by atoms with Gasteiger partial charge in [-0.05, 0) is 12.1 Å². The predicted octanol–water partition coefficient (Wildman–Crippen LogP) is 6.21. The summed E-state index contributed by atoms with van der Waals surface area (Å²) in [6.45, 7) is 0. The number of hydrogen-bond acceptors (Lipinski definition) is 4. The molecular weight excluding hydrogens is 396 g/mol. The van der Waals surface area contributed by atoms with Crippen molar-refractivity contribution in [3.63, 3.8) is 0 Å². The molecule has 152 valence electrons. The van der Waals surface area contributed by atoms with Crippen molar-refractivity contribution in [2.75, 3.05) is 0 Å². The van der Waals surface area contributed by atoms with Gasteiger partial charge in [0.2, 0.25) is 0 Å². The molecule has 5 nitrogen and oxygen atoms in total. The molecule has 0 aliphatic heterocycles. The summed E-state index contributed by atoms with van der Waals surface area (Å²) in [4.78, 5) is 17.6. The molecule has 0 fully saturated rings. The maximum absolute atomic E-state index is 10.9. The summed E-state index contributed by atoms with van der Waals surface area (Å²) in [7, 11) is 0. The average Bonchev–Trinajstić information content (AvgIpc) is 3.21. The van der Waals surface area contributed by atoms with Crippen molar-refractivity contribution in [2.24, 2.45) is 0 Å². The van der Waals surface area contributed by atoms with E-state index in [1.807, 2.05) is 84.9 Å². The van der Waals surface area contributed by atoms with E-state index in [1.54, 1.807) is 6.07 Å². The molecule has 0 aliphatic rings. The number of nitrogens with one attached hydrogen (secondary N) is 1. The zero-order valence-electron chi connectivity index (χ0n) is 17.0. The third kappa shape index (κ3) is 3.08. The minimum absolute atomic E-state index is 0.119. The number of benzene rings is 4. The molecule has 0 saturated heterocycles. The highest BCUT2D eigenvalue weighted by atomic mass is 16.3. The second kappa shape index (κ2) is 7.32. The Balaban J connectivity index is 1.61. The first-order valence-corrected chi connectivity index (χ1v) is 10.4. The van der Waals surface area contributed by atoms with Crippen LogP contribution in [-0.2, 0) is 0 Å². The molecule has 4 aromatic carbocycles. The van der Waals surface area contributed by atoms with Crippen LogP contribution < -0.4 is 0 Å². The van der Waals surface area contributed by atoms with Gasteiger partial charge in [0.25, 0.3) is 0 Å². The lowest BCUT2D eigenvalue weighted by Gasteiger charge is -2.09. The molecule has 0 amide bonds. The molecule has 0 saturated carbocycles. The van der Waals surface area contributed by atoms with E-state index in [0.29, 0.717) is 23.0 Å². The standard InChI is InChI=1S/C27H18N4O/c32-24-16-23-20(19-13-7-8-14-22(19)28-23)15-21(24)27-30-25(17-9-3-1-4-10-17)29-26(31-27)18-11-5-2-6-12-18/h1-16,28,32H. The van der Waals surface area contributed by atoms with E-state index in [2.05, 4.69) is 11.1 Å². The topological polar surface area (TPSA) is 74.7 Å². The van der Waals surface area contributed by atoms with Crippen molar-refractivity contribution in [3.8, 4) is 39.9 Å². The van der Waals surface area contributed by atoms with Crippen molar-refractivity contribution < 1.29 is 5.11 Å². The van der Waals surface area contributed by atoms with E-state index < -0.39 is 0 Å². The fourth-order valence-corrected chi connectivity index (χ4v) is 3.99. The molecule has 0 spiro atoms. The van der Waals surface area contributed by atoms with Gasteiger partial charge >= 0.3 is 0 Å². The van der Waals surface area contributed by atoms with Crippen LogP contribution >= 0.6 is 0 Å². The van der Waals surface area contributed by atoms with E-state index in [4.69, 9.17) is 15.0 Å². The zero-order valence-corrected chi connectivity index (χ0v) is 17.0. The quantitative estimate of drug-likeness (QED) is 0.361. The Bertz CT molecular complexity index is 1520. The highest BCUT2D eigenvalue weighted by molar-refractivity contribution is 6.09. The van der Waals surface area contributed by atoms with Gasteiger partial charge in [0.05, 0.1) is 11.1 Å². The monoisotopic (exact) mass is 414 g/mol. The minimum atomic E-state index is 0.119. The summed E-state index contributed by atoms with van der Waals surface area (Å²) < 4.78 is 0. The minimum Gasteiger partial charge on any atom is -0.507 e. The fourth-order valence-electron chi connectivity index (χ4n) is 3.99. The number of fused-ring (bicyclic) bond motifs is 3. The number of para-hydroxylation sites is 1. The highest BCUT2D eigenvalue weighted by Crippen LogP contribution is 2.36. The number of nitrogens with zero attached hydrogens (tertiary/aromatic N) is 3. The number of aromatic nitrogens is 4. The summed E-state index contributed by atoms with van der Waals surface area (Å²) in [5.41, 5.74) is 4.23. The van der Waals surface area contributed by atoms with Crippen LogP contribution in [0.4, 0.5) is 0 Å². The Morgan fingerprint density at radius 2 is 1.09 bits per heavy atom. The smallest absolute Gasteiger partial charge is 0.167 e. The second-order valence-corrected chi connectivity index (χ2v) is 7.62. The molecule has 5 heteroatoms. The van der Waals surface area contributed by atoms with Crippen molar-refractivity contribution in [1.82, 2.24) is 19.9 Å². The molecule has 6 aromatic rings. The van der Waals surface area contributed by atoms with Crippen molar-refractivity contribution in [3.05, 3.63) is 97.1 Å². The Morgan fingerprint density at radius 3 is 1.75 bits per heavy atom. The van der Waals surface area contributed by atoms with Gasteiger partial charge in [-0.3, -0.25) is 0 Å². The van der Waals surface area contributed by atoms with E-state index in [9.17, 15) is 5.11 Å². The molecule has 6 rings (SSSR count). The summed E-state index contributed by atoms with van der Waals surface area (Å²) in [6, 6.07) is 31.4. The van der Waals surface area contributed by atoms with Gasteiger partial charge in [0.15, 0.2) is 17.5 Å². The van der Waals surface area contributed by atoms with Crippen molar-refractivity contribution >= 4 is 21.8 Å². The van der Waals surface area contributed by atoms with Crippen LogP contribution in [0.1, 0.15) is 0 Å². The zero-order chi connectivity index (χ0) is 21.5. The molecule has 0 aliphatic carbocycles. The summed E-state index contributed by atoms with van der Waals surface area (Å²) in [6.07, 6.45) is 0. The Morgan fingerprint density at radius 1 is 0.531 bits per heavy atom. The third-order valence-corrected chi connectivity index (χ3v) is 5.56. The van der Waals surface area contributed by atoms with Crippen LogP contribution in [0.5, 0.6) is 5.75 Å². The Hall–Kier alpha value is -4.51. The molecule has 2 aromatic heterocycles. The van der Waals surface area contributed by atoms with Crippen molar-refractivity contribution in [2.45, 2.75) is 0 Å². The maximum atomic E-state index is 10.9. The summed E-state index contributed by atoms with van der Waals surface area (Å²) in [5.74, 6) is 1.68. The van der Waals surface area contributed by atoms with Crippen LogP contribution in [0.2, 0.25) is 0 Å². The SMILES string of the molecule is Oc1cc2[nH]c3ccccc3c2cc1-c1nc(-c2ccccc2)nc(-c2ccccc2)n1. The van der Waals surface area contributed by atoms with Gasteiger partial charge in [-0.2, -0.15) is 0 Å².